The van der Waals surface area contributed by atoms with Gasteiger partial charge in [-0.05, 0) is 31.9 Å². The van der Waals surface area contributed by atoms with E-state index in [0.29, 0.717) is 6.04 Å². The largest absolute Gasteiger partial charge is 0.368 e. The quantitative estimate of drug-likeness (QED) is 0.925. The van der Waals surface area contributed by atoms with E-state index in [-0.39, 0.29) is 11.9 Å². The molecule has 1 saturated carbocycles. The summed E-state index contributed by atoms with van der Waals surface area (Å²) < 4.78 is 0. The molecule has 5 heteroatoms. The van der Waals surface area contributed by atoms with Crippen molar-refractivity contribution in [2.24, 2.45) is 0 Å². The molecular weight excluding hydrogens is 286 g/mol. The van der Waals surface area contributed by atoms with Gasteiger partial charge in [0.25, 0.3) is 0 Å². The lowest BCUT2D eigenvalue weighted by atomic mass is 10.2. The van der Waals surface area contributed by atoms with Crippen LogP contribution in [0.3, 0.4) is 0 Å². The molecule has 0 aromatic heterocycles. The van der Waals surface area contributed by atoms with Crippen molar-refractivity contribution >= 4 is 23.2 Å². The number of hydrogen-bond acceptors (Lipinski definition) is 3. The summed E-state index contributed by atoms with van der Waals surface area (Å²) in [4.78, 5) is 16.7. The minimum absolute atomic E-state index is 0.0426. The molecule has 0 unspecified atom stereocenters. The third-order valence-electron chi connectivity index (χ3n) is 4.36. The van der Waals surface area contributed by atoms with Gasteiger partial charge in [0, 0.05) is 32.2 Å². The first kappa shape index (κ1) is 14.7. The second kappa shape index (κ2) is 6.24. The van der Waals surface area contributed by atoms with E-state index in [1.807, 2.05) is 25.1 Å². The summed E-state index contributed by atoms with van der Waals surface area (Å²) in [6, 6.07) is 8.34. The summed E-state index contributed by atoms with van der Waals surface area (Å²) >= 11 is 6.25. The molecule has 2 fully saturated rings. The van der Waals surface area contributed by atoms with Crippen LogP contribution in [0.4, 0.5) is 5.69 Å². The topological polar surface area (TPSA) is 35.6 Å². The van der Waals surface area contributed by atoms with Gasteiger partial charge in [-0.25, -0.2) is 0 Å². The zero-order chi connectivity index (χ0) is 14.8. The highest BCUT2D eigenvalue weighted by Crippen LogP contribution is 2.26. The molecule has 1 N–H and O–H groups in total. The number of piperazine rings is 1. The van der Waals surface area contributed by atoms with Crippen LogP contribution in [0.2, 0.25) is 5.02 Å². The van der Waals surface area contributed by atoms with Gasteiger partial charge in [0.2, 0.25) is 5.91 Å². The van der Waals surface area contributed by atoms with Crippen molar-refractivity contribution in [1.29, 1.82) is 0 Å². The number of carbonyl (C=O) groups is 1. The number of anilines is 1. The Labute approximate surface area is 131 Å². The number of para-hydroxylation sites is 1. The number of amides is 1. The second-order valence-corrected chi connectivity index (χ2v) is 6.34. The Morgan fingerprint density at radius 3 is 2.52 bits per heavy atom. The molecule has 0 bridgehead atoms. The van der Waals surface area contributed by atoms with E-state index >= 15 is 0 Å². The summed E-state index contributed by atoms with van der Waals surface area (Å²) in [7, 11) is 0. The van der Waals surface area contributed by atoms with Crippen LogP contribution in [0.5, 0.6) is 0 Å². The Balaban J connectivity index is 1.54. The fraction of sp³-hybridized carbons (Fsp3) is 0.562. The summed E-state index contributed by atoms with van der Waals surface area (Å²) in [5.74, 6) is 0.170. The predicted molar refractivity (Wildman–Crippen MR) is 85.9 cm³/mol. The van der Waals surface area contributed by atoms with Crippen molar-refractivity contribution in [3.63, 3.8) is 0 Å². The summed E-state index contributed by atoms with van der Waals surface area (Å²) in [5.41, 5.74) is 1.09. The maximum absolute atomic E-state index is 12.1. The molecule has 1 aliphatic heterocycles. The van der Waals surface area contributed by atoms with Gasteiger partial charge in [-0.3, -0.25) is 9.69 Å². The zero-order valence-corrected chi connectivity index (χ0v) is 13.1. The van der Waals surface area contributed by atoms with Crippen LogP contribution in [-0.4, -0.2) is 49.1 Å². The van der Waals surface area contributed by atoms with Crippen molar-refractivity contribution < 1.29 is 4.79 Å². The molecule has 1 aromatic rings. The normalized spacial score (nSPS) is 21.1. The molecule has 114 valence electrons. The molecule has 2 aliphatic rings. The van der Waals surface area contributed by atoms with E-state index in [1.54, 1.807) is 0 Å². The van der Waals surface area contributed by atoms with Crippen LogP contribution < -0.4 is 10.2 Å². The van der Waals surface area contributed by atoms with Gasteiger partial charge < -0.3 is 10.2 Å². The van der Waals surface area contributed by atoms with Gasteiger partial charge in [-0.2, -0.15) is 0 Å². The fourth-order valence-electron chi connectivity index (χ4n) is 2.77. The molecule has 1 aromatic carbocycles. The van der Waals surface area contributed by atoms with Gasteiger partial charge in [-0.1, -0.05) is 23.7 Å². The number of benzene rings is 1. The molecular formula is C16H22ClN3O. The maximum Gasteiger partial charge on any atom is 0.237 e. The molecule has 0 spiro atoms. The first-order chi connectivity index (χ1) is 10.1. The van der Waals surface area contributed by atoms with Crippen LogP contribution in [-0.2, 0) is 4.79 Å². The molecule has 4 nitrogen and oxygen atoms in total. The van der Waals surface area contributed by atoms with Crippen molar-refractivity contribution in [3.8, 4) is 0 Å². The number of rotatable bonds is 4. The lowest BCUT2D eigenvalue weighted by Crippen LogP contribution is -2.54. The molecule has 1 amide bonds. The van der Waals surface area contributed by atoms with Crippen LogP contribution in [0.15, 0.2) is 24.3 Å². The third kappa shape index (κ3) is 3.50. The summed E-state index contributed by atoms with van der Waals surface area (Å²) in [6.45, 7) is 5.60. The highest BCUT2D eigenvalue weighted by molar-refractivity contribution is 6.33. The Hall–Kier alpha value is -1.26. The Bertz CT molecular complexity index is 510. The van der Waals surface area contributed by atoms with Gasteiger partial charge in [0.05, 0.1) is 16.8 Å². The van der Waals surface area contributed by atoms with E-state index in [2.05, 4.69) is 21.2 Å². The highest BCUT2D eigenvalue weighted by Gasteiger charge is 2.30. The van der Waals surface area contributed by atoms with Crippen LogP contribution in [0.25, 0.3) is 0 Å². The minimum atomic E-state index is -0.0426. The molecule has 3 rings (SSSR count). The molecule has 21 heavy (non-hydrogen) atoms. The third-order valence-corrected chi connectivity index (χ3v) is 4.68. The molecule has 1 saturated heterocycles. The van der Waals surface area contributed by atoms with Gasteiger partial charge >= 0.3 is 0 Å². The van der Waals surface area contributed by atoms with E-state index in [0.717, 1.165) is 49.7 Å². The standard InChI is InChI=1S/C16H22ClN3O/c1-12(16(21)18-13-6-7-13)19-8-10-20(11-9-19)15-5-3-2-4-14(15)17/h2-5,12-13H,6-11H2,1H3,(H,18,21)/t12-/m0/s1. The maximum atomic E-state index is 12.1. The summed E-state index contributed by atoms with van der Waals surface area (Å²) in [5, 5.41) is 3.88. The predicted octanol–water partition coefficient (Wildman–Crippen LogP) is 2.13. The molecule has 1 aliphatic carbocycles. The fourth-order valence-corrected chi connectivity index (χ4v) is 3.03. The van der Waals surface area contributed by atoms with Crippen molar-refractivity contribution in [3.05, 3.63) is 29.3 Å². The minimum Gasteiger partial charge on any atom is -0.368 e. The first-order valence-corrected chi connectivity index (χ1v) is 8.07. The first-order valence-electron chi connectivity index (χ1n) is 7.69. The number of halogens is 1. The average molecular weight is 308 g/mol. The summed E-state index contributed by atoms with van der Waals surface area (Å²) in [6.07, 6.45) is 2.28. The Morgan fingerprint density at radius 1 is 1.24 bits per heavy atom. The lowest BCUT2D eigenvalue weighted by Gasteiger charge is -2.38. The average Bonchev–Trinajstić information content (AvgIpc) is 3.31. The second-order valence-electron chi connectivity index (χ2n) is 5.93. The van der Waals surface area contributed by atoms with Gasteiger partial charge in [0.15, 0.2) is 0 Å². The van der Waals surface area contributed by atoms with Gasteiger partial charge in [0.1, 0.15) is 0 Å². The molecule has 1 atom stereocenters. The number of carbonyl (C=O) groups excluding carboxylic acids is 1. The van der Waals surface area contributed by atoms with Crippen LogP contribution in [0, 0.1) is 0 Å². The Morgan fingerprint density at radius 2 is 1.90 bits per heavy atom. The smallest absolute Gasteiger partial charge is 0.237 e. The van der Waals surface area contributed by atoms with E-state index in [9.17, 15) is 4.79 Å². The monoisotopic (exact) mass is 307 g/mol. The molecule has 1 heterocycles. The molecule has 0 radical (unpaired) electrons. The van der Waals surface area contributed by atoms with Crippen molar-refractivity contribution in [2.75, 3.05) is 31.1 Å². The van der Waals surface area contributed by atoms with Crippen LogP contribution >= 0.6 is 11.6 Å². The lowest BCUT2D eigenvalue weighted by molar-refractivity contribution is -0.126. The number of nitrogens with one attached hydrogen (secondary N) is 1. The number of nitrogens with zero attached hydrogens (tertiary/aromatic N) is 2. The van der Waals surface area contributed by atoms with E-state index in [4.69, 9.17) is 11.6 Å². The number of hydrogen-bond donors (Lipinski definition) is 1. The highest BCUT2D eigenvalue weighted by atomic mass is 35.5. The van der Waals surface area contributed by atoms with Crippen LogP contribution in [0.1, 0.15) is 19.8 Å². The van der Waals surface area contributed by atoms with E-state index in [1.165, 1.54) is 0 Å². The zero-order valence-electron chi connectivity index (χ0n) is 12.4. The van der Waals surface area contributed by atoms with Crippen molar-refractivity contribution in [1.82, 2.24) is 10.2 Å². The van der Waals surface area contributed by atoms with Crippen molar-refractivity contribution in [2.45, 2.75) is 31.8 Å². The SMILES string of the molecule is C[C@@H](C(=O)NC1CC1)N1CCN(c2ccccc2Cl)CC1. The Kier molecular flexibility index (Phi) is 4.36. The van der Waals surface area contributed by atoms with Gasteiger partial charge in [-0.15, -0.1) is 0 Å². The van der Waals surface area contributed by atoms with E-state index < -0.39 is 0 Å².